The van der Waals surface area contributed by atoms with E-state index < -0.39 is 17.6 Å². The van der Waals surface area contributed by atoms with E-state index in [0.29, 0.717) is 23.4 Å². The molecule has 1 aliphatic rings. The molecule has 0 radical (unpaired) electrons. The molecule has 7 nitrogen and oxygen atoms in total. The summed E-state index contributed by atoms with van der Waals surface area (Å²) in [5.41, 5.74) is -0.689. The lowest BCUT2D eigenvalue weighted by Crippen LogP contribution is -2.54. The van der Waals surface area contributed by atoms with Gasteiger partial charge in [0.15, 0.2) is 5.78 Å². The van der Waals surface area contributed by atoms with Crippen molar-refractivity contribution in [2.75, 3.05) is 20.6 Å². The topological polar surface area (TPSA) is 84.9 Å². The molecule has 1 saturated carbocycles. The van der Waals surface area contributed by atoms with Gasteiger partial charge in [0, 0.05) is 24.1 Å². The number of benzene rings is 1. The third kappa shape index (κ3) is 3.93. The summed E-state index contributed by atoms with van der Waals surface area (Å²) in [6.45, 7) is -0.106. The maximum Gasteiger partial charge on any atom is 0.453 e. The fourth-order valence-corrected chi connectivity index (χ4v) is 3.39. The van der Waals surface area contributed by atoms with Crippen LogP contribution in [0.3, 0.4) is 0 Å². The van der Waals surface area contributed by atoms with Gasteiger partial charge in [0.2, 0.25) is 0 Å². The second kappa shape index (κ2) is 8.31. The first-order valence-electron chi connectivity index (χ1n) is 8.01. The Morgan fingerprint density at radius 3 is 2.64 bits per heavy atom. The lowest BCUT2D eigenvalue weighted by Gasteiger charge is -2.42. The van der Waals surface area contributed by atoms with E-state index in [4.69, 9.17) is 11.6 Å². The number of ketones is 1. The number of nitrogens with one attached hydrogen (secondary N) is 1. The maximum absolute atomic E-state index is 12.8. The molecule has 1 fully saturated rings. The van der Waals surface area contributed by atoms with E-state index in [1.165, 1.54) is 11.9 Å². The number of amides is 1. The second-order valence-electron chi connectivity index (χ2n) is 5.86. The lowest BCUT2D eigenvalue weighted by atomic mass is 9.74. The van der Waals surface area contributed by atoms with Crippen LogP contribution in [-0.4, -0.2) is 43.4 Å². The molecular formula is C17H21ClN2O5. The Kier molecular flexibility index (Phi) is 6.39. The number of likely N-dealkylation sites (N-methyl/N-ethyl adjacent to an activating group) is 2. The molecule has 1 N–H and O–H groups in total. The van der Waals surface area contributed by atoms with E-state index in [0.717, 1.165) is 12.8 Å². The zero-order valence-electron chi connectivity index (χ0n) is 14.2. The highest BCUT2D eigenvalue weighted by atomic mass is 35.5. The second-order valence-corrected chi connectivity index (χ2v) is 6.27. The van der Waals surface area contributed by atoms with Gasteiger partial charge in [-0.2, -0.15) is 0 Å². The molecule has 25 heavy (non-hydrogen) atoms. The molecule has 2 rings (SSSR count). The van der Waals surface area contributed by atoms with Crippen LogP contribution in [0.5, 0.6) is 0 Å². The van der Waals surface area contributed by atoms with Gasteiger partial charge in [-0.25, -0.2) is 19.4 Å². The van der Waals surface area contributed by atoms with Crippen LogP contribution in [0.25, 0.3) is 0 Å². The number of nitrogens with zero attached hydrogens (tertiary/aromatic N) is 1. The van der Waals surface area contributed by atoms with E-state index >= 15 is 0 Å². The van der Waals surface area contributed by atoms with Gasteiger partial charge in [0.1, 0.15) is 5.54 Å². The molecule has 0 unspecified atom stereocenters. The Balaban J connectivity index is 2.30. The minimum absolute atomic E-state index is 0.106. The minimum Gasteiger partial charge on any atom is -0.310 e. The van der Waals surface area contributed by atoms with Gasteiger partial charge in [-0.1, -0.05) is 29.8 Å². The third-order valence-corrected chi connectivity index (χ3v) is 4.68. The van der Waals surface area contributed by atoms with Crippen LogP contribution in [-0.2, 0) is 24.9 Å². The van der Waals surface area contributed by atoms with Gasteiger partial charge >= 0.3 is 12.1 Å². The van der Waals surface area contributed by atoms with E-state index in [1.807, 2.05) is 0 Å². The molecule has 1 aromatic carbocycles. The third-order valence-electron chi connectivity index (χ3n) is 4.35. The molecule has 1 aromatic rings. The van der Waals surface area contributed by atoms with E-state index in [-0.39, 0.29) is 12.3 Å². The zero-order valence-corrected chi connectivity index (χ0v) is 15.0. The number of halogens is 1. The largest absolute Gasteiger partial charge is 0.453 e. The fourth-order valence-electron chi connectivity index (χ4n) is 3.10. The van der Waals surface area contributed by atoms with Crippen molar-refractivity contribution in [2.45, 2.75) is 31.2 Å². The van der Waals surface area contributed by atoms with Crippen LogP contribution in [0, 0.1) is 0 Å². The standard InChI is InChI=1S/C17H21ClN2O5/c1-19-11-15(22)24-25-16(23)20(2)17(10-6-5-9-14(17)21)12-7-3-4-8-13(12)18/h3-4,7-8,19H,5-6,9-11H2,1-2H3/t17-/m0/s1. The summed E-state index contributed by atoms with van der Waals surface area (Å²) < 4.78 is 0. The summed E-state index contributed by atoms with van der Waals surface area (Å²) in [7, 11) is 3.00. The van der Waals surface area contributed by atoms with Gasteiger partial charge < -0.3 is 5.32 Å². The number of hydrogen-bond acceptors (Lipinski definition) is 6. The Labute approximate surface area is 151 Å². The Hall–Kier alpha value is -2.12. The Morgan fingerprint density at radius 2 is 2.00 bits per heavy atom. The highest BCUT2D eigenvalue weighted by Gasteiger charge is 2.49. The molecule has 1 atom stereocenters. The van der Waals surface area contributed by atoms with Gasteiger partial charge in [-0.3, -0.25) is 9.69 Å². The van der Waals surface area contributed by atoms with Crippen molar-refractivity contribution in [3.63, 3.8) is 0 Å². The van der Waals surface area contributed by atoms with Crippen LogP contribution < -0.4 is 5.32 Å². The van der Waals surface area contributed by atoms with Crippen LogP contribution in [0.4, 0.5) is 4.79 Å². The van der Waals surface area contributed by atoms with Gasteiger partial charge in [0.25, 0.3) is 0 Å². The maximum atomic E-state index is 12.8. The van der Waals surface area contributed by atoms with Crippen molar-refractivity contribution in [1.82, 2.24) is 10.2 Å². The first-order chi connectivity index (χ1) is 11.9. The van der Waals surface area contributed by atoms with E-state index in [2.05, 4.69) is 15.1 Å². The predicted molar refractivity (Wildman–Crippen MR) is 90.9 cm³/mol. The molecule has 0 spiro atoms. The summed E-state index contributed by atoms with van der Waals surface area (Å²) >= 11 is 6.31. The number of carbonyl (C=O) groups excluding carboxylic acids is 3. The van der Waals surface area contributed by atoms with Crippen molar-refractivity contribution >= 4 is 29.4 Å². The van der Waals surface area contributed by atoms with Crippen LogP contribution in [0.2, 0.25) is 5.02 Å². The predicted octanol–water partition coefficient (Wildman–Crippen LogP) is 2.42. The van der Waals surface area contributed by atoms with Crippen LogP contribution in [0.1, 0.15) is 31.2 Å². The minimum atomic E-state index is -1.23. The molecule has 0 aromatic heterocycles. The van der Waals surface area contributed by atoms with Crippen molar-refractivity contribution in [1.29, 1.82) is 0 Å². The quantitative estimate of drug-likeness (QED) is 0.649. The first-order valence-corrected chi connectivity index (χ1v) is 8.39. The molecule has 1 aliphatic carbocycles. The van der Waals surface area contributed by atoms with Crippen molar-refractivity contribution in [2.24, 2.45) is 0 Å². The average molecular weight is 369 g/mol. The van der Waals surface area contributed by atoms with E-state index in [1.54, 1.807) is 31.3 Å². The smallest absolute Gasteiger partial charge is 0.310 e. The van der Waals surface area contributed by atoms with E-state index in [9.17, 15) is 14.4 Å². The fraction of sp³-hybridized carbons (Fsp3) is 0.471. The zero-order chi connectivity index (χ0) is 18.4. The van der Waals surface area contributed by atoms with Crippen molar-refractivity contribution < 1.29 is 24.2 Å². The normalized spacial score (nSPS) is 20.0. The molecule has 136 valence electrons. The molecule has 0 bridgehead atoms. The summed E-state index contributed by atoms with van der Waals surface area (Å²) in [5, 5.41) is 2.97. The van der Waals surface area contributed by atoms with Crippen LogP contribution >= 0.6 is 11.6 Å². The lowest BCUT2D eigenvalue weighted by molar-refractivity contribution is -0.237. The number of hydrogen-bond donors (Lipinski definition) is 1. The molecule has 1 amide bonds. The molecule has 0 saturated heterocycles. The van der Waals surface area contributed by atoms with Gasteiger partial charge in [-0.15, -0.1) is 0 Å². The summed E-state index contributed by atoms with van der Waals surface area (Å²) in [4.78, 5) is 46.8. The first kappa shape index (κ1) is 19.2. The Bertz CT molecular complexity index is 666. The average Bonchev–Trinajstić information content (AvgIpc) is 2.60. The van der Waals surface area contributed by atoms with Crippen LogP contribution in [0.15, 0.2) is 24.3 Å². The molecule has 0 heterocycles. The molecule has 0 aliphatic heterocycles. The Morgan fingerprint density at radius 1 is 1.28 bits per heavy atom. The summed E-state index contributed by atoms with van der Waals surface area (Å²) in [6, 6.07) is 6.91. The number of Topliss-reactive ketones (excluding diaryl/α,β-unsaturated/α-hetero) is 1. The summed E-state index contributed by atoms with van der Waals surface area (Å²) in [6.07, 6.45) is 1.34. The molecule has 8 heteroatoms. The SMILES string of the molecule is CNCC(=O)OOC(=O)N(C)[C@]1(c2ccccc2Cl)CCCCC1=O. The van der Waals surface area contributed by atoms with Crippen molar-refractivity contribution in [3.8, 4) is 0 Å². The highest BCUT2D eigenvalue weighted by Crippen LogP contribution is 2.42. The monoisotopic (exact) mass is 368 g/mol. The number of rotatable bonds is 4. The van der Waals surface area contributed by atoms with Crippen molar-refractivity contribution in [3.05, 3.63) is 34.9 Å². The number of carbonyl (C=O) groups is 3. The molecular weight excluding hydrogens is 348 g/mol. The summed E-state index contributed by atoms with van der Waals surface area (Å²) in [5.74, 6) is -0.862. The van der Waals surface area contributed by atoms with Gasteiger partial charge in [-0.05, 0) is 32.4 Å². The van der Waals surface area contributed by atoms with Gasteiger partial charge in [0.05, 0.1) is 6.54 Å². The highest BCUT2D eigenvalue weighted by molar-refractivity contribution is 6.31.